The minimum atomic E-state index is -0.465. The summed E-state index contributed by atoms with van der Waals surface area (Å²) in [4.78, 5) is 23.4. The zero-order valence-corrected chi connectivity index (χ0v) is 13.6. The van der Waals surface area contributed by atoms with Crippen molar-refractivity contribution in [3.05, 3.63) is 50.9 Å². The number of furan rings is 2. The zero-order valence-electron chi connectivity index (χ0n) is 11.4. The van der Waals surface area contributed by atoms with Crippen LogP contribution in [0.5, 0.6) is 0 Å². The van der Waals surface area contributed by atoms with Crippen LogP contribution in [0.3, 0.4) is 0 Å². The summed E-state index contributed by atoms with van der Waals surface area (Å²) in [5, 5.41) is 0. The number of amides is 2. The third kappa shape index (κ3) is 4.22. The first kappa shape index (κ1) is 15.4. The molecule has 2 aromatic heterocycles. The second-order valence-electron chi connectivity index (χ2n) is 4.25. The molecule has 2 aromatic rings. The van der Waals surface area contributed by atoms with Gasteiger partial charge in [-0.05, 0) is 60.7 Å². The van der Waals surface area contributed by atoms with Gasteiger partial charge in [0, 0.05) is 6.08 Å². The first-order valence-electron chi connectivity index (χ1n) is 6.06. The van der Waals surface area contributed by atoms with Crippen LogP contribution in [0, 0.1) is 17.6 Å². The lowest BCUT2D eigenvalue weighted by Gasteiger charge is -2.03. The van der Waals surface area contributed by atoms with Gasteiger partial charge >= 0.3 is 0 Å². The summed E-state index contributed by atoms with van der Waals surface area (Å²) in [5.41, 5.74) is 4.98. The van der Waals surface area contributed by atoms with Gasteiger partial charge in [0.25, 0.3) is 11.8 Å². The van der Waals surface area contributed by atoms with Crippen LogP contribution >= 0.6 is 22.6 Å². The molecule has 7 heteroatoms. The van der Waals surface area contributed by atoms with Crippen LogP contribution < -0.4 is 10.9 Å². The second-order valence-corrected chi connectivity index (χ2v) is 5.31. The van der Waals surface area contributed by atoms with Gasteiger partial charge in [0.15, 0.2) is 3.77 Å². The molecule has 0 radical (unpaired) electrons. The average molecular weight is 400 g/mol. The molecule has 0 aliphatic heterocycles. The Kier molecular flexibility index (Phi) is 4.84. The Morgan fingerprint density at radius 2 is 1.95 bits per heavy atom. The molecule has 0 aliphatic rings. The Hall–Kier alpha value is -2.03. The fourth-order valence-electron chi connectivity index (χ4n) is 1.66. The largest absolute Gasteiger partial charge is 0.466 e. The van der Waals surface area contributed by atoms with Crippen molar-refractivity contribution in [1.82, 2.24) is 10.9 Å². The molecule has 0 unspecified atom stereocenters. The van der Waals surface area contributed by atoms with Crippen molar-refractivity contribution in [2.24, 2.45) is 0 Å². The third-order valence-electron chi connectivity index (χ3n) is 2.58. The Balaban J connectivity index is 1.88. The van der Waals surface area contributed by atoms with Gasteiger partial charge in [-0.3, -0.25) is 20.4 Å². The summed E-state index contributed by atoms with van der Waals surface area (Å²) in [5.74, 6) is 0.796. The summed E-state index contributed by atoms with van der Waals surface area (Å²) in [6, 6.07) is 5.13. The molecule has 2 amide bonds. The SMILES string of the molecule is Cc1cc(C(=O)NNC(=O)/C=C/c2ccc(I)o2)c(C)o1. The number of carbonyl (C=O) groups is 2. The van der Waals surface area contributed by atoms with E-state index in [4.69, 9.17) is 8.83 Å². The average Bonchev–Trinajstić information content (AvgIpc) is 2.99. The van der Waals surface area contributed by atoms with Crippen LogP contribution in [0.25, 0.3) is 6.08 Å². The summed E-state index contributed by atoms with van der Waals surface area (Å²) in [7, 11) is 0. The molecule has 2 rings (SSSR count). The smallest absolute Gasteiger partial charge is 0.273 e. The first-order chi connectivity index (χ1) is 9.95. The van der Waals surface area contributed by atoms with E-state index in [2.05, 4.69) is 10.9 Å². The maximum atomic E-state index is 11.8. The number of hydrogen-bond donors (Lipinski definition) is 2. The molecule has 0 saturated carbocycles. The molecule has 0 bridgehead atoms. The number of nitrogens with one attached hydrogen (secondary N) is 2. The highest BCUT2D eigenvalue weighted by Gasteiger charge is 2.13. The topological polar surface area (TPSA) is 84.5 Å². The monoisotopic (exact) mass is 400 g/mol. The van der Waals surface area contributed by atoms with Crippen molar-refractivity contribution in [3.63, 3.8) is 0 Å². The number of rotatable bonds is 3. The molecule has 0 aliphatic carbocycles. The number of hydrazine groups is 1. The first-order valence-corrected chi connectivity index (χ1v) is 7.14. The fraction of sp³-hybridized carbons (Fsp3) is 0.143. The predicted molar refractivity (Wildman–Crippen MR) is 84.2 cm³/mol. The number of carbonyl (C=O) groups excluding carboxylic acids is 2. The highest BCUT2D eigenvalue weighted by molar-refractivity contribution is 14.1. The van der Waals surface area contributed by atoms with Gasteiger partial charge in [0.2, 0.25) is 0 Å². The minimum absolute atomic E-state index is 0.386. The van der Waals surface area contributed by atoms with E-state index in [0.717, 1.165) is 3.77 Å². The molecular formula is C14H13IN2O4. The summed E-state index contributed by atoms with van der Waals surface area (Å²) >= 11 is 2.03. The molecular weight excluding hydrogens is 387 g/mol. The predicted octanol–water partition coefficient (Wildman–Crippen LogP) is 2.57. The van der Waals surface area contributed by atoms with Crippen molar-refractivity contribution in [2.45, 2.75) is 13.8 Å². The van der Waals surface area contributed by atoms with Crippen LogP contribution in [0.2, 0.25) is 0 Å². The van der Waals surface area contributed by atoms with Crippen molar-refractivity contribution >= 4 is 40.5 Å². The lowest BCUT2D eigenvalue weighted by atomic mass is 10.2. The molecule has 0 spiro atoms. The lowest BCUT2D eigenvalue weighted by molar-refractivity contribution is -0.117. The van der Waals surface area contributed by atoms with Gasteiger partial charge < -0.3 is 8.83 Å². The zero-order chi connectivity index (χ0) is 15.4. The van der Waals surface area contributed by atoms with Crippen molar-refractivity contribution < 1.29 is 18.4 Å². The Morgan fingerprint density at radius 1 is 1.19 bits per heavy atom. The molecule has 21 heavy (non-hydrogen) atoms. The summed E-state index contributed by atoms with van der Waals surface area (Å²) in [6.07, 6.45) is 2.78. The molecule has 0 fully saturated rings. The van der Waals surface area contributed by atoms with Crippen molar-refractivity contribution in [3.8, 4) is 0 Å². The summed E-state index contributed by atoms with van der Waals surface area (Å²) < 4.78 is 11.2. The highest BCUT2D eigenvalue weighted by atomic mass is 127. The van der Waals surface area contributed by atoms with Gasteiger partial charge in [-0.2, -0.15) is 0 Å². The Morgan fingerprint density at radius 3 is 2.52 bits per heavy atom. The van der Waals surface area contributed by atoms with Crippen LogP contribution in [0.15, 0.2) is 33.1 Å². The van der Waals surface area contributed by atoms with Gasteiger partial charge in [-0.15, -0.1) is 0 Å². The van der Waals surface area contributed by atoms with E-state index in [-0.39, 0.29) is 0 Å². The van der Waals surface area contributed by atoms with Crippen LogP contribution in [0.1, 0.15) is 27.6 Å². The van der Waals surface area contributed by atoms with E-state index in [1.807, 2.05) is 22.6 Å². The van der Waals surface area contributed by atoms with Crippen LogP contribution in [-0.2, 0) is 4.79 Å². The Labute approximate surface area is 134 Å². The summed E-state index contributed by atoms with van der Waals surface area (Å²) in [6.45, 7) is 3.43. The second kappa shape index (κ2) is 6.61. The van der Waals surface area contributed by atoms with E-state index in [0.29, 0.717) is 22.8 Å². The van der Waals surface area contributed by atoms with Gasteiger partial charge in [0.05, 0.1) is 5.56 Å². The Bertz CT molecular complexity index is 700. The van der Waals surface area contributed by atoms with E-state index in [9.17, 15) is 9.59 Å². The van der Waals surface area contributed by atoms with E-state index < -0.39 is 11.8 Å². The molecule has 110 valence electrons. The third-order valence-corrected chi connectivity index (χ3v) is 3.16. The van der Waals surface area contributed by atoms with Crippen molar-refractivity contribution in [2.75, 3.05) is 0 Å². The van der Waals surface area contributed by atoms with Gasteiger partial charge in [-0.25, -0.2) is 0 Å². The van der Waals surface area contributed by atoms with Gasteiger partial charge in [-0.1, -0.05) is 0 Å². The van der Waals surface area contributed by atoms with E-state index in [1.165, 1.54) is 12.2 Å². The molecule has 6 nitrogen and oxygen atoms in total. The number of halogens is 1. The van der Waals surface area contributed by atoms with Crippen LogP contribution in [-0.4, -0.2) is 11.8 Å². The minimum Gasteiger partial charge on any atom is -0.466 e. The maximum absolute atomic E-state index is 11.8. The lowest BCUT2D eigenvalue weighted by Crippen LogP contribution is -2.40. The van der Waals surface area contributed by atoms with E-state index >= 15 is 0 Å². The molecule has 0 aromatic carbocycles. The highest BCUT2D eigenvalue weighted by Crippen LogP contribution is 2.13. The maximum Gasteiger partial charge on any atom is 0.273 e. The molecule has 0 atom stereocenters. The standard InChI is InChI=1S/C14H13IN2O4/c1-8-7-11(9(2)20-8)14(19)17-16-13(18)6-4-10-3-5-12(15)21-10/h3-7H,1-2H3,(H,16,18)(H,17,19)/b6-4+. The number of hydrogen-bond acceptors (Lipinski definition) is 4. The molecule has 2 heterocycles. The van der Waals surface area contributed by atoms with Gasteiger partial charge in [0.1, 0.15) is 17.3 Å². The van der Waals surface area contributed by atoms with E-state index in [1.54, 1.807) is 32.0 Å². The number of aryl methyl sites for hydroxylation is 2. The fourth-order valence-corrected chi connectivity index (χ4v) is 2.09. The van der Waals surface area contributed by atoms with Crippen molar-refractivity contribution in [1.29, 1.82) is 0 Å². The molecule has 2 N–H and O–H groups in total. The quantitative estimate of drug-likeness (QED) is 0.471. The normalized spacial score (nSPS) is 10.8. The molecule has 0 saturated heterocycles. The van der Waals surface area contributed by atoms with Crippen LogP contribution in [0.4, 0.5) is 0 Å².